The van der Waals surface area contributed by atoms with Crippen molar-refractivity contribution in [2.75, 3.05) is 5.32 Å². The molecule has 0 radical (unpaired) electrons. The zero-order valence-corrected chi connectivity index (χ0v) is 11.2. The first kappa shape index (κ1) is 12.5. The van der Waals surface area contributed by atoms with Gasteiger partial charge in [0, 0.05) is 24.6 Å². The highest BCUT2D eigenvalue weighted by Crippen LogP contribution is 2.16. The van der Waals surface area contributed by atoms with Crippen molar-refractivity contribution >= 4 is 16.8 Å². The number of rotatable bonds is 5. The second kappa shape index (κ2) is 5.24. The third-order valence-corrected chi connectivity index (χ3v) is 3.14. The van der Waals surface area contributed by atoms with Gasteiger partial charge < -0.3 is 14.3 Å². The van der Waals surface area contributed by atoms with Gasteiger partial charge in [0.15, 0.2) is 5.58 Å². The van der Waals surface area contributed by atoms with Crippen LogP contribution in [-0.4, -0.2) is 14.5 Å². The number of aromatic nitrogens is 3. The van der Waals surface area contributed by atoms with Crippen molar-refractivity contribution in [1.29, 1.82) is 0 Å². The Morgan fingerprint density at radius 1 is 1.45 bits per heavy atom. The third-order valence-electron chi connectivity index (χ3n) is 3.14. The Morgan fingerprint density at radius 2 is 2.35 bits per heavy atom. The molecular weight excluding hydrogens is 256 g/mol. The minimum atomic E-state index is -0.435. The quantitative estimate of drug-likeness (QED) is 0.747. The Balaban J connectivity index is 1.75. The number of aryl methyl sites for hydroxylation is 1. The molecule has 3 rings (SSSR count). The van der Waals surface area contributed by atoms with Gasteiger partial charge in [-0.05, 0) is 24.6 Å². The van der Waals surface area contributed by atoms with Crippen molar-refractivity contribution in [3.8, 4) is 0 Å². The van der Waals surface area contributed by atoms with E-state index in [-0.39, 0.29) is 0 Å². The minimum Gasteiger partial charge on any atom is -0.408 e. The van der Waals surface area contributed by atoms with Gasteiger partial charge in [-0.3, -0.25) is 4.98 Å². The van der Waals surface area contributed by atoms with Gasteiger partial charge in [0.25, 0.3) is 0 Å². The Bertz CT molecular complexity index is 769. The van der Waals surface area contributed by atoms with Crippen LogP contribution in [0.1, 0.15) is 19.2 Å². The van der Waals surface area contributed by atoms with Crippen LogP contribution < -0.4 is 11.1 Å². The van der Waals surface area contributed by atoms with E-state index >= 15 is 0 Å². The predicted octanol–water partition coefficient (Wildman–Crippen LogP) is 2.34. The number of nitrogens with one attached hydrogen (secondary N) is 2. The van der Waals surface area contributed by atoms with Gasteiger partial charge in [0.2, 0.25) is 0 Å². The zero-order chi connectivity index (χ0) is 13.9. The Labute approximate surface area is 115 Å². The standard InChI is InChI=1S/C14H16N4O2/c1-2-6-18-7-5-15-13(18)9-16-10-3-4-12-11(8-10)17-14(19)20-12/h3-5,7-8,16H,2,6,9H2,1H3,(H,17,19). The molecule has 0 bridgehead atoms. The average Bonchev–Trinajstić information content (AvgIpc) is 3.01. The molecule has 2 heterocycles. The molecule has 0 aliphatic rings. The largest absolute Gasteiger partial charge is 0.417 e. The molecule has 0 aliphatic heterocycles. The van der Waals surface area contributed by atoms with Crippen LogP contribution in [0.2, 0.25) is 0 Å². The fourth-order valence-corrected chi connectivity index (χ4v) is 2.19. The number of hydrogen-bond donors (Lipinski definition) is 2. The molecule has 2 N–H and O–H groups in total. The summed E-state index contributed by atoms with van der Waals surface area (Å²) in [5, 5.41) is 3.30. The number of hydrogen-bond acceptors (Lipinski definition) is 4. The molecule has 6 nitrogen and oxygen atoms in total. The van der Waals surface area contributed by atoms with Crippen molar-refractivity contribution in [3.63, 3.8) is 0 Å². The third kappa shape index (κ3) is 2.45. The zero-order valence-electron chi connectivity index (χ0n) is 11.2. The lowest BCUT2D eigenvalue weighted by atomic mass is 10.3. The van der Waals surface area contributed by atoms with Gasteiger partial charge in [-0.15, -0.1) is 0 Å². The van der Waals surface area contributed by atoms with Crippen LogP contribution in [0.5, 0.6) is 0 Å². The van der Waals surface area contributed by atoms with Crippen LogP contribution in [-0.2, 0) is 13.1 Å². The molecule has 0 atom stereocenters. The summed E-state index contributed by atoms with van der Waals surface area (Å²) in [5.74, 6) is 0.559. The molecule has 0 spiro atoms. The number of benzene rings is 1. The minimum absolute atomic E-state index is 0.435. The first-order chi connectivity index (χ1) is 9.76. The number of imidazole rings is 1. The van der Waals surface area contributed by atoms with E-state index in [1.54, 1.807) is 6.07 Å². The van der Waals surface area contributed by atoms with E-state index in [1.807, 2.05) is 24.5 Å². The summed E-state index contributed by atoms with van der Waals surface area (Å²) >= 11 is 0. The SMILES string of the molecule is CCCn1ccnc1CNc1ccc2oc(=O)[nH]c2c1. The van der Waals surface area contributed by atoms with Crippen LogP contribution in [0.15, 0.2) is 39.8 Å². The van der Waals surface area contributed by atoms with Crippen LogP contribution in [0.25, 0.3) is 11.1 Å². The van der Waals surface area contributed by atoms with Crippen molar-refractivity contribution in [1.82, 2.24) is 14.5 Å². The number of H-pyrrole nitrogens is 1. The molecule has 6 heteroatoms. The van der Waals surface area contributed by atoms with Crippen molar-refractivity contribution in [3.05, 3.63) is 47.0 Å². The molecular formula is C14H16N4O2. The Kier molecular flexibility index (Phi) is 3.28. The van der Waals surface area contributed by atoms with E-state index in [2.05, 4.69) is 26.8 Å². The normalized spacial score (nSPS) is 11.1. The summed E-state index contributed by atoms with van der Waals surface area (Å²) in [7, 11) is 0. The summed E-state index contributed by atoms with van der Waals surface area (Å²) in [6.45, 7) is 3.74. The molecule has 0 saturated carbocycles. The number of oxazole rings is 1. The van der Waals surface area contributed by atoms with Gasteiger partial charge in [0.1, 0.15) is 5.82 Å². The highest BCUT2D eigenvalue weighted by molar-refractivity contribution is 5.76. The van der Waals surface area contributed by atoms with Gasteiger partial charge >= 0.3 is 5.76 Å². The van der Waals surface area contributed by atoms with E-state index in [4.69, 9.17) is 4.42 Å². The molecule has 0 amide bonds. The van der Waals surface area contributed by atoms with E-state index in [0.29, 0.717) is 17.6 Å². The molecule has 20 heavy (non-hydrogen) atoms. The van der Waals surface area contributed by atoms with E-state index in [1.165, 1.54) is 0 Å². The number of nitrogens with zero attached hydrogens (tertiary/aromatic N) is 2. The molecule has 0 aliphatic carbocycles. The van der Waals surface area contributed by atoms with Crippen LogP contribution in [0.4, 0.5) is 5.69 Å². The highest BCUT2D eigenvalue weighted by Gasteiger charge is 2.04. The Hall–Kier alpha value is -2.50. The molecule has 104 valence electrons. The average molecular weight is 272 g/mol. The smallest absolute Gasteiger partial charge is 0.408 e. The summed E-state index contributed by atoms with van der Waals surface area (Å²) in [6, 6.07) is 5.51. The highest BCUT2D eigenvalue weighted by atomic mass is 16.4. The van der Waals surface area contributed by atoms with E-state index in [9.17, 15) is 4.79 Å². The fraction of sp³-hybridized carbons (Fsp3) is 0.286. The predicted molar refractivity (Wildman–Crippen MR) is 76.7 cm³/mol. The van der Waals surface area contributed by atoms with Crippen LogP contribution in [0, 0.1) is 0 Å². The van der Waals surface area contributed by atoms with Crippen LogP contribution >= 0.6 is 0 Å². The number of anilines is 1. The van der Waals surface area contributed by atoms with E-state index < -0.39 is 5.76 Å². The lowest BCUT2D eigenvalue weighted by Gasteiger charge is -2.08. The molecule has 1 aromatic carbocycles. The maximum Gasteiger partial charge on any atom is 0.417 e. The molecule has 3 aromatic rings. The maximum atomic E-state index is 11.1. The van der Waals surface area contributed by atoms with Crippen LogP contribution in [0.3, 0.4) is 0 Å². The van der Waals surface area contributed by atoms with Gasteiger partial charge in [-0.2, -0.15) is 0 Å². The summed E-state index contributed by atoms with van der Waals surface area (Å²) in [5.41, 5.74) is 2.17. The molecule has 0 fully saturated rings. The second-order valence-corrected chi connectivity index (χ2v) is 4.62. The Morgan fingerprint density at radius 3 is 3.20 bits per heavy atom. The monoisotopic (exact) mass is 272 g/mol. The first-order valence-electron chi connectivity index (χ1n) is 6.63. The second-order valence-electron chi connectivity index (χ2n) is 4.62. The molecule has 0 saturated heterocycles. The van der Waals surface area contributed by atoms with E-state index in [0.717, 1.165) is 24.5 Å². The number of aromatic amines is 1. The van der Waals surface area contributed by atoms with Gasteiger partial charge in [-0.1, -0.05) is 6.92 Å². The molecule has 2 aromatic heterocycles. The topological polar surface area (TPSA) is 75.8 Å². The van der Waals surface area contributed by atoms with Gasteiger partial charge in [-0.25, -0.2) is 9.78 Å². The van der Waals surface area contributed by atoms with Crippen molar-refractivity contribution in [2.45, 2.75) is 26.4 Å². The van der Waals surface area contributed by atoms with Crippen molar-refractivity contribution < 1.29 is 4.42 Å². The fourth-order valence-electron chi connectivity index (χ4n) is 2.19. The molecule has 0 unspecified atom stereocenters. The summed E-state index contributed by atoms with van der Waals surface area (Å²) in [6.07, 6.45) is 4.87. The first-order valence-corrected chi connectivity index (χ1v) is 6.63. The maximum absolute atomic E-state index is 11.1. The lowest BCUT2D eigenvalue weighted by molar-refractivity contribution is 0.555. The summed E-state index contributed by atoms with van der Waals surface area (Å²) in [4.78, 5) is 18.1. The van der Waals surface area contributed by atoms with Gasteiger partial charge in [0.05, 0.1) is 12.1 Å². The number of fused-ring (bicyclic) bond motifs is 1. The summed E-state index contributed by atoms with van der Waals surface area (Å²) < 4.78 is 7.10. The lowest BCUT2D eigenvalue weighted by Crippen LogP contribution is -2.08. The van der Waals surface area contributed by atoms with Crippen molar-refractivity contribution in [2.24, 2.45) is 0 Å².